The van der Waals surface area contributed by atoms with Gasteiger partial charge in [-0.05, 0) is 67.1 Å². The molecule has 3 amide bonds. The van der Waals surface area contributed by atoms with Crippen molar-refractivity contribution in [2.45, 2.75) is 28.5 Å². The molecule has 2 bridgehead atoms. The number of imide groups is 1. The van der Waals surface area contributed by atoms with Crippen molar-refractivity contribution in [3.63, 3.8) is 0 Å². The highest BCUT2D eigenvalue weighted by Crippen LogP contribution is 2.60. The first kappa shape index (κ1) is 28.4. The monoisotopic (exact) mass is 722 g/mol. The molecule has 12 heteroatoms. The zero-order valence-corrected chi connectivity index (χ0v) is 25.7. The standard InChI is InChI=1S/C26H20Br2Cl4N2O4/c27-21-15-10-16(22(21)28)20-19(15)25(37)34(26(20)38)33(24(36)14-6-5-13(31)9-17(14)32)18(7-8-29)23(35)11-1-3-12(30)4-2-11/h1-6,9,15-16,18-22H,7-8,10H2/t15-,16-,18+,19-,20+,21+,22+/m1/s1. The van der Waals surface area contributed by atoms with E-state index in [2.05, 4.69) is 31.9 Å². The lowest BCUT2D eigenvalue weighted by atomic mass is 9.81. The van der Waals surface area contributed by atoms with Crippen molar-refractivity contribution in [2.75, 3.05) is 5.88 Å². The number of carbonyl (C=O) groups is 4. The first-order valence-electron chi connectivity index (χ1n) is 11.9. The largest absolute Gasteiger partial charge is 0.292 e. The first-order valence-corrected chi connectivity index (χ1v) is 15.4. The van der Waals surface area contributed by atoms with E-state index < -0.39 is 41.4 Å². The van der Waals surface area contributed by atoms with Gasteiger partial charge in [0.1, 0.15) is 6.04 Å². The second-order valence-electron chi connectivity index (χ2n) is 9.63. The van der Waals surface area contributed by atoms with Crippen molar-refractivity contribution in [2.24, 2.45) is 23.7 Å². The maximum absolute atomic E-state index is 14.1. The number of fused-ring (bicyclic) bond motifs is 5. The van der Waals surface area contributed by atoms with Crippen LogP contribution in [-0.2, 0) is 9.59 Å². The molecule has 0 radical (unpaired) electrons. The molecule has 2 aliphatic carbocycles. The molecule has 200 valence electrons. The molecule has 1 aliphatic heterocycles. The zero-order chi connectivity index (χ0) is 27.5. The van der Waals surface area contributed by atoms with Gasteiger partial charge in [0.15, 0.2) is 5.78 Å². The van der Waals surface area contributed by atoms with Crippen LogP contribution in [0.25, 0.3) is 0 Å². The van der Waals surface area contributed by atoms with E-state index in [0.29, 0.717) is 10.0 Å². The first-order chi connectivity index (χ1) is 18.1. The van der Waals surface area contributed by atoms with E-state index in [0.717, 1.165) is 16.4 Å². The Morgan fingerprint density at radius 1 is 0.921 bits per heavy atom. The van der Waals surface area contributed by atoms with E-state index in [-0.39, 0.29) is 49.9 Å². The lowest BCUT2D eigenvalue weighted by Gasteiger charge is -2.37. The molecule has 38 heavy (non-hydrogen) atoms. The lowest BCUT2D eigenvalue weighted by Crippen LogP contribution is -2.58. The molecule has 0 unspecified atom stereocenters. The highest BCUT2D eigenvalue weighted by Gasteiger charge is 2.68. The molecule has 3 fully saturated rings. The molecule has 7 atom stereocenters. The van der Waals surface area contributed by atoms with Crippen molar-refractivity contribution in [3.8, 4) is 0 Å². The number of halogens is 6. The van der Waals surface area contributed by atoms with Gasteiger partial charge in [-0.1, -0.05) is 66.7 Å². The van der Waals surface area contributed by atoms with Crippen LogP contribution in [0.2, 0.25) is 15.1 Å². The van der Waals surface area contributed by atoms with Crippen molar-refractivity contribution < 1.29 is 19.2 Å². The zero-order valence-electron chi connectivity index (χ0n) is 19.5. The molecule has 2 aromatic carbocycles. The van der Waals surface area contributed by atoms with E-state index in [4.69, 9.17) is 46.4 Å². The number of hydrogen-bond donors (Lipinski definition) is 0. The summed E-state index contributed by atoms with van der Waals surface area (Å²) in [6, 6.07) is 9.17. The van der Waals surface area contributed by atoms with E-state index in [1.54, 1.807) is 12.1 Å². The molecule has 2 aromatic rings. The number of Topliss-reactive ketones (excluding diaryl/α,β-unsaturated/α-hetero) is 1. The summed E-state index contributed by atoms with van der Waals surface area (Å²) >= 11 is 31.9. The topological polar surface area (TPSA) is 74.8 Å². The van der Waals surface area contributed by atoms with Crippen molar-refractivity contribution in [3.05, 3.63) is 68.7 Å². The number of benzene rings is 2. The summed E-state index contributed by atoms with van der Waals surface area (Å²) in [4.78, 5) is 55.8. The van der Waals surface area contributed by atoms with Gasteiger partial charge in [-0.15, -0.1) is 11.6 Å². The number of amides is 3. The van der Waals surface area contributed by atoms with Crippen LogP contribution in [0.3, 0.4) is 0 Å². The average molecular weight is 726 g/mol. The summed E-state index contributed by atoms with van der Waals surface area (Å²) < 4.78 is 0. The number of hydrazine groups is 1. The average Bonchev–Trinajstić information content (AvgIpc) is 3.49. The van der Waals surface area contributed by atoms with Crippen LogP contribution in [0.5, 0.6) is 0 Å². The minimum Gasteiger partial charge on any atom is -0.292 e. The Morgan fingerprint density at radius 3 is 2.00 bits per heavy atom. The number of hydrogen-bond acceptors (Lipinski definition) is 4. The van der Waals surface area contributed by atoms with Crippen molar-refractivity contribution in [1.29, 1.82) is 0 Å². The van der Waals surface area contributed by atoms with Crippen LogP contribution in [0.1, 0.15) is 33.6 Å². The predicted octanol–water partition coefficient (Wildman–Crippen LogP) is 6.66. The second-order valence-corrected chi connectivity index (χ2v) is 13.4. The quantitative estimate of drug-likeness (QED) is 0.182. The van der Waals surface area contributed by atoms with Gasteiger partial charge in [0.25, 0.3) is 17.7 Å². The molecule has 1 heterocycles. The van der Waals surface area contributed by atoms with Crippen molar-refractivity contribution in [1.82, 2.24) is 10.0 Å². The molecule has 2 saturated carbocycles. The van der Waals surface area contributed by atoms with Gasteiger partial charge in [-0.2, -0.15) is 5.01 Å². The maximum atomic E-state index is 14.1. The molecular weight excluding hydrogens is 706 g/mol. The minimum absolute atomic E-state index is 0.00286. The smallest absolute Gasteiger partial charge is 0.275 e. The number of ketones is 1. The van der Waals surface area contributed by atoms with Crippen LogP contribution in [-0.4, -0.2) is 55.1 Å². The molecule has 6 nitrogen and oxygen atoms in total. The van der Waals surface area contributed by atoms with Gasteiger partial charge in [-0.3, -0.25) is 19.2 Å². The molecule has 1 saturated heterocycles. The predicted molar refractivity (Wildman–Crippen MR) is 153 cm³/mol. The fourth-order valence-electron chi connectivity index (χ4n) is 5.98. The van der Waals surface area contributed by atoms with Gasteiger partial charge < -0.3 is 0 Å². The van der Waals surface area contributed by atoms with E-state index in [1.165, 1.54) is 30.3 Å². The summed E-state index contributed by atoms with van der Waals surface area (Å²) in [6.07, 6.45) is 0.708. The Morgan fingerprint density at radius 2 is 1.47 bits per heavy atom. The molecule has 5 rings (SSSR count). The SMILES string of the molecule is O=C(c1ccc(Cl)cc1)[C@H](CCCl)N(C(=O)c1ccc(Cl)cc1Cl)N1C(=O)[C@@H]2[C@H]3C[C@@H]([C@H](Br)[C@H]3Br)[C@@H]2C1=O. The van der Waals surface area contributed by atoms with Crippen LogP contribution < -0.4 is 0 Å². The van der Waals surface area contributed by atoms with Gasteiger partial charge in [0, 0.05) is 31.1 Å². The summed E-state index contributed by atoms with van der Waals surface area (Å²) in [7, 11) is 0. The molecule has 3 aliphatic rings. The second kappa shape index (κ2) is 11.0. The van der Waals surface area contributed by atoms with E-state index in [1.807, 2.05) is 0 Å². The van der Waals surface area contributed by atoms with Gasteiger partial charge >= 0.3 is 0 Å². The summed E-state index contributed by atoms with van der Waals surface area (Å²) in [5.74, 6) is -3.62. The van der Waals surface area contributed by atoms with Gasteiger partial charge in [-0.25, -0.2) is 5.01 Å². The normalized spacial score (nSPS) is 28.5. The number of rotatable bonds is 7. The summed E-state index contributed by atoms with van der Waals surface area (Å²) in [5.41, 5.74) is 0.252. The third-order valence-electron chi connectivity index (χ3n) is 7.66. The molecule has 0 N–H and O–H groups in total. The van der Waals surface area contributed by atoms with Crippen molar-refractivity contribution >= 4 is 102 Å². The van der Waals surface area contributed by atoms with Crippen LogP contribution in [0, 0.1) is 23.7 Å². The Labute approximate surface area is 256 Å². The van der Waals surface area contributed by atoms with Crippen LogP contribution in [0.4, 0.5) is 0 Å². The fourth-order valence-corrected chi connectivity index (χ4v) is 8.67. The maximum Gasteiger partial charge on any atom is 0.275 e. The van der Waals surface area contributed by atoms with Gasteiger partial charge in [0.05, 0.1) is 22.4 Å². The Bertz CT molecular complexity index is 1290. The minimum atomic E-state index is -1.25. The fraction of sp³-hybridized carbons (Fsp3) is 0.385. The third kappa shape index (κ3) is 4.63. The van der Waals surface area contributed by atoms with E-state index >= 15 is 0 Å². The molecule has 0 spiro atoms. The lowest BCUT2D eigenvalue weighted by molar-refractivity contribution is -0.157. The van der Waals surface area contributed by atoms with E-state index in [9.17, 15) is 19.2 Å². The number of nitrogens with zero attached hydrogens (tertiary/aromatic N) is 2. The highest BCUT2D eigenvalue weighted by molar-refractivity contribution is 9.12. The molecule has 0 aromatic heterocycles. The third-order valence-corrected chi connectivity index (χ3v) is 11.9. The Hall–Kier alpha value is -1.16. The number of alkyl halides is 3. The molecular formula is C26H20Br2Cl4N2O4. The van der Waals surface area contributed by atoms with Crippen LogP contribution >= 0.6 is 78.3 Å². The van der Waals surface area contributed by atoms with Gasteiger partial charge in [0.2, 0.25) is 0 Å². The Balaban J connectivity index is 1.62. The Kier molecular flexibility index (Phi) is 8.23. The number of carbonyl (C=O) groups excluding carboxylic acids is 4. The van der Waals surface area contributed by atoms with Crippen LogP contribution in [0.15, 0.2) is 42.5 Å². The summed E-state index contributed by atoms with van der Waals surface area (Å²) in [5, 5.41) is 2.59. The summed E-state index contributed by atoms with van der Waals surface area (Å²) in [6.45, 7) is 0. The highest BCUT2D eigenvalue weighted by atomic mass is 79.9.